The van der Waals surface area contributed by atoms with Crippen molar-refractivity contribution >= 4 is 49.1 Å². The van der Waals surface area contributed by atoms with Crippen molar-refractivity contribution in [2.45, 2.75) is 17.7 Å². The predicted octanol–water partition coefficient (Wildman–Crippen LogP) is 1.81. The number of nitrogens with two attached hydrogens (primary N) is 1. The number of benzene rings is 1. The molecule has 11 heteroatoms. The highest BCUT2D eigenvalue weighted by molar-refractivity contribution is 7.91. The molecule has 0 radical (unpaired) electrons. The molecule has 0 fully saturated rings. The van der Waals surface area contributed by atoms with Crippen LogP contribution < -0.4 is 10.7 Å². The molecule has 3 rings (SSSR count). The first-order valence-electron chi connectivity index (χ1n) is 7.15. The number of sulfonamides is 1. The van der Waals surface area contributed by atoms with Crippen molar-refractivity contribution < 1.29 is 17.9 Å². The summed E-state index contributed by atoms with van der Waals surface area (Å²) in [6.45, 7) is 0.940. The van der Waals surface area contributed by atoms with Crippen molar-refractivity contribution in [1.82, 2.24) is 9.55 Å². The maximum Gasteiger partial charge on any atom is 0.303 e. The number of halogens is 1. The maximum absolute atomic E-state index is 13.0. The molecule has 2 heterocycles. The van der Waals surface area contributed by atoms with Crippen LogP contribution in [-0.2, 0) is 26.2 Å². The van der Waals surface area contributed by atoms with Crippen molar-refractivity contribution in [2.75, 3.05) is 0 Å². The predicted molar refractivity (Wildman–Crippen MR) is 97.1 cm³/mol. The fourth-order valence-electron chi connectivity index (χ4n) is 2.29. The van der Waals surface area contributed by atoms with Gasteiger partial charge < -0.3 is 4.74 Å². The molecule has 3 aromatic rings. The lowest BCUT2D eigenvalue weighted by Gasteiger charge is -2.13. The van der Waals surface area contributed by atoms with Gasteiger partial charge in [-0.25, -0.2) is 18.5 Å². The normalized spacial score (nSPS) is 11.7. The Morgan fingerprint density at radius 3 is 2.69 bits per heavy atom. The van der Waals surface area contributed by atoms with Crippen LogP contribution in [-0.4, -0.2) is 23.9 Å². The summed E-state index contributed by atoms with van der Waals surface area (Å²) >= 11 is 6.95. The first-order valence-corrected chi connectivity index (χ1v) is 9.89. The summed E-state index contributed by atoms with van der Waals surface area (Å²) in [6.07, 6.45) is 0. The van der Waals surface area contributed by atoms with Crippen molar-refractivity contribution in [3.8, 4) is 5.69 Å². The number of aromatic nitrogens is 2. The zero-order valence-electron chi connectivity index (χ0n) is 13.3. The van der Waals surface area contributed by atoms with E-state index in [-0.39, 0.29) is 31.9 Å². The van der Waals surface area contributed by atoms with Gasteiger partial charge in [-0.1, -0.05) is 23.7 Å². The van der Waals surface area contributed by atoms with E-state index in [1.54, 1.807) is 24.3 Å². The van der Waals surface area contributed by atoms with Gasteiger partial charge in [0.1, 0.15) is 15.6 Å². The number of esters is 1. The number of para-hydroxylation sites is 1. The van der Waals surface area contributed by atoms with Crippen molar-refractivity contribution in [2.24, 2.45) is 5.14 Å². The van der Waals surface area contributed by atoms with Gasteiger partial charge >= 0.3 is 5.97 Å². The van der Waals surface area contributed by atoms with Gasteiger partial charge in [-0.05, 0) is 18.2 Å². The Morgan fingerprint density at radius 2 is 2.08 bits per heavy atom. The van der Waals surface area contributed by atoms with Crippen molar-refractivity contribution in [1.29, 1.82) is 0 Å². The van der Waals surface area contributed by atoms with Gasteiger partial charge in [0.05, 0.1) is 16.1 Å². The third kappa shape index (κ3) is 3.49. The Morgan fingerprint density at radius 1 is 1.38 bits per heavy atom. The number of primary sulfonamides is 1. The molecule has 0 bridgehead atoms. The molecule has 136 valence electrons. The van der Waals surface area contributed by atoms with E-state index in [4.69, 9.17) is 21.5 Å². The van der Waals surface area contributed by atoms with Crippen LogP contribution in [0.1, 0.15) is 12.7 Å². The number of rotatable bonds is 4. The van der Waals surface area contributed by atoms with Crippen LogP contribution in [0.2, 0.25) is 5.02 Å². The highest BCUT2D eigenvalue weighted by Crippen LogP contribution is 2.27. The van der Waals surface area contributed by atoms with Crippen LogP contribution in [0, 0.1) is 0 Å². The number of hydrogen-bond donors (Lipinski definition) is 1. The Bertz CT molecular complexity index is 1180. The number of carbonyl (C=O) groups excluding carboxylic acids is 1. The third-order valence-electron chi connectivity index (χ3n) is 3.39. The van der Waals surface area contributed by atoms with Gasteiger partial charge in [-0.2, -0.15) is 0 Å². The van der Waals surface area contributed by atoms with Crippen molar-refractivity contribution in [3.05, 3.63) is 51.5 Å². The topological polar surface area (TPSA) is 121 Å². The van der Waals surface area contributed by atoms with Gasteiger partial charge in [-0.15, -0.1) is 11.3 Å². The van der Waals surface area contributed by atoms with E-state index in [1.165, 1.54) is 17.6 Å². The summed E-state index contributed by atoms with van der Waals surface area (Å²) in [5.41, 5.74) is -0.213. The summed E-state index contributed by atoms with van der Waals surface area (Å²) < 4.78 is 29.1. The van der Waals surface area contributed by atoms with E-state index in [9.17, 15) is 18.0 Å². The molecular formula is C15H12ClN3O5S2. The van der Waals surface area contributed by atoms with Crippen LogP contribution in [0.4, 0.5) is 0 Å². The van der Waals surface area contributed by atoms with Crippen LogP contribution in [0.15, 0.2) is 39.3 Å². The third-order valence-corrected chi connectivity index (χ3v) is 6.16. The highest BCUT2D eigenvalue weighted by Gasteiger charge is 2.20. The number of fused-ring (bicyclic) bond motifs is 1. The Balaban J connectivity index is 2.34. The summed E-state index contributed by atoms with van der Waals surface area (Å²) in [4.78, 5) is 28.6. The lowest BCUT2D eigenvalue weighted by molar-refractivity contribution is -0.142. The average Bonchev–Trinajstić information content (AvgIpc) is 2.99. The molecule has 1 aromatic carbocycles. The SMILES string of the molecule is CC(=O)OCc1nc2sc(S(N)(=O)=O)cc2c(=O)n1-c1ccccc1Cl. The van der Waals surface area contributed by atoms with Crippen molar-refractivity contribution in [3.63, 3.8) is 0 Å². The standard InChI is InChI=1S/C15H12ClN3O5S2/c1-8(20)24-7-12-18-14-9(6-13(25-14)26(17,22)23)15(21)19(12)11-5-3-2-4-10(11)16/h2-6H,7H2,1H3,(H2,17,22,23). The second kappa shape index (κ2) is 6.80. The molecule has 2 N–H and O–H groups in total. The quantitative estimate of drug-likeness (QED) is 0.651. The molecule has 0 amide bonds. The molecular weight excluding hydrogens is 402 g/mol. The van der Waals surface area contributed by atoms with Crippen LogP contribution in [0.3, 0.4) is 0 Å². The summed E-state index contributed by atoms with van der Waals surface area (Å²) in [7, 11) is -3.99. The molecule has 2 aromatic heterocycles. The summed E-state index contributed by atoms with van der Waals surface area (Å²) in [5.74, 6) is -0.449. The molecule has 0 unspecified atom stereocenters. The first-order chi connectivity index (χ1) is 12.2. The molecule has 0 aliphatic carbocycles. The minimum absolute atomic E-state index is 0.0746. The molecule has 26 heavy (non-hydrogen) atoms. The minimum atomic E-state index is -3.99. The van der Waals surface area contributed by atoms with Crippen LogP contribution >= 0.6 is 22.9 Å². The van der Waals surface area contributed by atoms with Gasteiger partial charge in [0.25, 0.3) is 5.56 Å². The summed E-state index contributed by atoms with van der Waals surface area (Å²) in [6, 6.07) is 7.73. The van der Waals surface area contributed by atoms with Gasteiger partial charge in [0.2, 0.25) is 10.0 Å². The Labute approximate surface area is 156 Å². The Kier molecular flexibility index (Phi) is 4.84. The van der Waals surface area contributed by atoms with E-state index in [0.717, 1.165) is 11.3 Å². The number of thiophene rings is 1. The lowest BCUT2D eigenvalue weighted by Crippen LogP contribution is -2.24. The monoisotopic (exact) mass is 413 g/mol. The first kappa shape index (κ1) is 18.5. The second-order valence-corrected chi connectivity index (χ2v) is 8.46. The largest absolute Gasteiger partial charge is 0.458 e. The van der Waals surface area contributed by atoms with E-state index >= 15 is 0 Å². The fourth-order valence-corrected chi connectivity index (χ4v) is 4.26. The zero-order valence-corrected chi connectivity index (χ0v) is 15.7. The van der Waals surface area contributed by atoms with E-state index in [2.05, 4.69) is 4.98 Å². The average molecular weight is 414 g/mol. The smallest absolute Gasteiger partial charge is 0.303 e. The number of ether oxygens (including phenoxy) is 1. The number of carbonyl (C=O) groups is 1. The maximum atomic E-state index is 13.0. The summed E-state index contributed by atoms with van der Waals surface area (Å²) in [5, 5.41) is 5.49. The molecule has 0 aliphatic heterocycles. The minimum Gasteiger partial charge on any atom is -0.458 e. The van der Waals surface area contributed by atoms with Crippen LogP contribution in [0.5, 0.6) is 0 Å². The zero-order chi connectivity index (χ0) is 19.1. The van der Waals surface area contributed by atoms with Gasteiger partial charge in [0.15, 0.2) is 5.82 Å². The molecule has 0 saturated heterocycles. The molecule has 0 atom stereocenters. The number of hydrogen-bond acceptors (Lipinski definition) is 7. The Hall–Kier alpha value is -2.27. The highest BCUT2D eigenvalue weighted by atomic mass is 35.5. The molecule has 0 spiro atoms. The van der Waals surface area contributed by atoms with E-state index in [0.29, 0.717) is 5.69 Å². The molecule has 0 saturated carbocycles. The van der Waals surface area contributed by atoms with E-state index < -0.39 is 21.6 Å². The lowest BCUT2D eigenvalue weighted by atomic mass is 10.3. The van der Waals surface area contributed by atoms with Gasteiger partial charge in [0, 0.05) is 6.92 Å². The molecule has 0 aliphatic rings. The number of nitrogens with zero attached hydrogens (tertiary/aromatic N) is 2. The second-order valence-electron chi connectivity index (χ2n) is 5.23. The van der Waals surface area contributed by atoms with Crippen LogP contribution in [0.25, 0.3) is 15.9 Å². The fraction of sp³-hybridized carbons (Fsp3) is 0.133. The molecule has 8 nitrogen and oxygen atoms in total. The van der Waals surface area contributed by atoms with Gasteiger partial charge in [-0.3, -0.25) is 14.2 Å². The van der Waals surface area contributed by atoms with E-state index in [1.807, 2.05) is 0 Å².